The maximum Gasteiger partial charge on any atom is 0.389 e. The Labute approximate surface area is 227 Å². The fourth-order valence-electron chi connectivity index (χ4n) is 3.91. The zero-order valence-electron chi connectivity index (χ0n) is 20.0. The van der Waals surface area contributed by atoms with E-state index in [1.54, 1.807) is 36.4 Å². The van der Waals surface area contributed by atoms with E-state index < -0.39 is 36.5 Å². The van der Waals surface area contributed by atoms with Crippen LogP contribution in [0, 0.1) is 0 Å². The predicted molar refractivity (Wildman–Crippen MR) is 140 cm³/mol. The molecule has 38 heavy (non-hydrogen) atoms. The van der Waals surface area contributed by atoms with Crippen molar-refractivity contribution in [3.8, 4) is 5.75 Å². The molecule has 202 valence electrons. The van der Waals surface area contributed by atoms with Crippen LogP contribution in [0.2, 0.25) is 10.0 Å². The Hall–Kier alpha value is -3.43. The van der Waals surface area contributed by atoms with E-state index in [1.165, 1.54) is 30.3 Å². The number of amides is 1. The van der Waals surface area contributed by atoms with Gasteiger partial charge in [0.25, 0.3) is 5.91 Å². The van der Waals surface area contributed by atoms with E-state index in [4.69, 9.17) is 38.8 Å². The summed E-state index contributed by atoms with van der Waals surface area (Å²) in [6.07, 6.45) is -6.91. The summed E-state index contributed by atoms with van der Waals surface area (Å²) in [5.41, 5.74) is 7.54. The van der Waals surface area contributed by atoms with Crippen LogP contribution in [0.15, 0.2) is 66.7 Å². The number of carbonyl (C=O) groups is 2. The van der Waals surface area contributed by atoms with Gasteiger partial charge in [0.15, 0.2) is 0 Å². The first-order valence-corrected chi connectivity index (χ1v) is 12.3. The number of hydrogen-bond acceptors (Lipinski definition) is 4. The van der Waals surface area contributed by atoms with Gasteiger partial charge >= 0.3 is 12.1 Å². The Balaban J connectivity index is 1.98. The van der Waals surface area contributed by atoms with Gasteiger partial charge in [0, 0.05) is 46.2 Å². The standard InChI is InChI=1S/C27H25Cl2F3N2O4/c28-19-7-5-17(6-8-19)25(38-22-14-20(29)13-21(33)15-22)23(9-11-27(30,31)32)16-1-3-18(4-2-16)26(37)34-12-10-24(35)36/h1-8,13-15,23,25H,9-12,33H2,(H,34,37)(H,35,36)/t23-,25+/m1/s1. The predicted octanol–water partition coefficient (Wildman–Crippen LogP) is 7.03. The summed E-state index contributed by atoms with van der Waals surface area (Å²) in [7, 11) is 0. The maximum absolute atomic E-state index is 13.3. The number of anilines is 1. The van der Waals surface area contributed by atoms with Crippen LogP contribution in [0.1, 0.15) is 52.8 Å². The third-order valence-corrected chi connectivity index (χ3v) is 6.16. The number of nitrogens with one attached hydrogen (secondary N) is 1. The van der Waals surface area contributed by atoms with Gasteiger partial charge in [-0.3, -0.25) is 9.59 Å². The van der Waals surface area contributed by atoms with E-state index in [-0.39, 0.29) is 30.7 Å². The fraction of sp³-hybridized carbons (Fsp3) is 0.259. The number of hydrogen-bond donors (Lipinski definition) is 3. The lowest BCUT2D eigenvalue weighted by Crippen LogP contribution is -2.26. The summed E-state index contributed by atoms with van der Waals surface area (Å²) in [5, 5.41) is 12.0. The van der Waals surface area contributed by atoms with Crippen LogP contribution in [0.3, 0.4) is 0 Å². The first kappa shape index (κ1) is 29.1. The minimum Gasteiger partial charge on any atom is -0.485 e. The van der Waals surface area contributed by atoms with Crippen LogP contribution >= 0.6 is 23.2 Å². The normalized spacial score (nSPS) is 13.0. The zero-order valence-corrected chi connectivity index (χ0v) is 21.5. The SMILES string of the molecule is Nc1cc(Cl)cc(O[C@@H](c2ccc(Cl)cc2)[C@H](CCC(F)(F)F)c2ccc(C(=O)NCCC(=O)O)cc2)c1. The van der Waals surface area contributed by atoms with Gasteiger partial charge in [0.05, 0.1) is 6.42 Å². The monoisotopic (exact) mass is 568 g/mol. The second-order valence-corrected chi connectivity index (χ2v) is 9.47. The average molecular weight is 569 g/mol. The van der Waals surface area contributed by atoms with Crippen LogP contribution in [0.25, 0.3) is 0 Å². The first-order valence-electron chi connectivity index (χ1n) is 11.6. The van der Waals surface area contributed by atoms with E-state index in [2.05, 4.69) is 5.32 Å². The molecule has 3 rings (SSSR count). The fourth-order valence-corrected chi connectivity index (χ4v) is 4.27. The van der Waals surface area contributed by atoms with Gasteiger partial charge in [0.1, 0.15) is 11.9 Å². The topological polar surface area (TPSA) is 102 Å². The van der Waals surface area contributed by atoms with E-state index in [1.807, 2.05) is 0 Å². The van der Waals surface area contributed by atoms with Gasteiger partial charge in [-0.2, -0.15) is 13.2 Å². The number of rotatable bonds is 11. The molecular weight excluding hydrogens is 544 g/mol. The summed E-state index contributed by atoms with van der Waals surface area (Å²) < 4.78 is 46.3. The lowest BCUT2D eigenvalue weighted by atomic mass is 9.85. The Morgan fingerprint density at radius 2 is 1.58 bits per heavy atom. The molecule has 0 fully saturated rings. The number of nitrogens with two attached hydrogens (primary N) is 1. The van der Waals surface area contributed by atoms with Gasteiger partial charge in [0.2, 0.25) is 0 Å². The summed E-state index contributed by atoms with van der Waals surface area (Å²) >= 11 is 12.2. The average Bonchev–Trinajstić information content (AvgIpc) is 2.83. The van der Waals surface area contributed by atoms with E-state index in [0.717, 1.165) is 0 Å². The van der Waals surface area contributed by atoms with Crippen molar-refractivity contribution in [3.63, 3.8) is 0 Å². The maximum atomic E-state index is 13.3. The molecule has 0 saturated carbocycles. The number of aliphatic carboxylic acids is 1. The molecule has 1 amide bonds. The first-order chi connectivity index (χ1) is 17.9. The number of carboxylic acid groups (broad SMARTS) is 1. The van der Waals surface area contributed by atoms with Crippen molar-refractivity contribution >= 4 is 40.8 Å². The molecule has 0 spiro atoms. The molecule has 0 heterocycles. The van der Waals surface area contributed by atoms with Crippen LogP contribution in [-0.2, 0) is 4.79 Å². The van der Waals surface area contributed by atoms with Crippen molar-refractivity contribution in [2.24, 2.45) is 0 Å². The Bertz CT molecular complexity index is 1230. The van der Waals surface area contributed by atoms with Crippen molar-refractivity contribution in [3.05, 3.63) is 93.5 Å². The third kappa shape index (κ3) is 8.85. The highest BCUT2D eigenvalue weighted by Crippen LogP contribution is 2.41. The number of ether oxygens (including phenoxy) is 1. The molecule has 3 aromatic rings. The molecule has 0 unspecified atom stereocenters. The number of benzene rings is 3. The molecule has 2 atom stereocenters. The Kier molecular flexibility index (Phi) is 9.88. The van der Waals surface area contributed by atoms with Gasteiger partial charge in [-0.05, 0) is 53.9 Å². The molecule has 0 radical (unpaired) electrons. The number of alkyl halides is 3. The quantitative estimate of drug-likeness (QED) is 0.215. The number of halogens is 5. The molecule has 4 N–H and O–H groups in total. The third-order valence-electron chi connectivity index (χ3n) is 5.68. The molecule has 0 aliphatic rings. The van der Waals surface area contributed by atoms with Crippen LogP contribution in [0.4, 0.5) is 18.9 Å². The molecule has 11 heteroatoms. The largest absolute Gasteiger partial charge is 0.485 e. The Morgan fingerprint density at radius 3 is 2.16 bits per heavy atom. The lowest BCUT2D eigenvalue weighted by molar-refractivity contribution is -0.138. The van der Waals surface area contributed by atoms with Gasteiger partial charge in [-0.15, -0.1) is 0 Å². The van der Waals surface area contributed by atoms with Gasteiger partial charge in [-0.1, -0.05) is 47.5 Å². The highest BCUT2D eigenvalue weighted by atomic mass is 35.5. The molecule has 0 bridgehead atoms. The van der Waals surface area contributed by atoms with Gasteiger partial charge in [-0.25, -0.2) is 0 Å². The molecule has 0 aliphatic carbocycles. The summed E-state index contributed by atoms with van der Waals surface area (Å²) in [6.45, 7) is -0.0562. The van der Waals surface area contributed by atoms with E-state index >= 15 is 0 Å². The summed E-state index contributed by atoms with van der Waals surface area (Å²) in [5.74, 6) is -2.06. The van der Waals surface area contributed by atoms with Crippen LogP contribution in [-0.4, -0.2) is 29.7 Å². The second-order valence-electron chi connectivity index (χ2n) is 8.59. The molecule has 6 nitrogen and oxygen atoms in total. The van der Waals surface area contributed by atoms with Crippen molar-refractivity contribution < 1.29 is 32.6 Å². The highest BCUT2D eigenvalue weighted by Gasteiger charge is 2.34. The van der Waals surface area contributed by atoms with Crippen molar-refractivity contribution in [1.82, 2.24) is 5.32 Å². The molecule has 0 saturated heterocycles. The molecule has 0 aromatic heterocycles. The van der Waals surface area contributed by atoms with Gasteiger partial charge < -0.3 is 20.9 Å². The van der Waals surface area contributed by atoms with Crippen molar-refractivity contribution in [2.45, 2.75) is 37.5 Å². The molecular formula is C27H25Cl2F3N2O4. The van der Waals surface area contributed by atoms with Crippen LogP contribution in [0.5, 0.6) is 5.75 Å². The van der Waals surface area contributed by atoms with Crippen LogP contribution < -0.4 is 15.8 Å². The number of carbonyl (C=O) groups excluding carboxylic acids is 1. The van der Waals surface area contributed by atoms with E-state index in [0.29, 0.717) is 26.9 Å². The minimum absolute atomic E-state index is 0.0562. The minimum atomic E-state index is -4.41. The highest BCUT2D eigenvalue weighted by molar-refractivity contribution is 6.31. The van der Waals surface area contributed by atoms with E-state index in [9.17, 15) is 22.8 Å². The molecule has 3 aromatic carbocycles. The summed E-state index contributed by atoms with van der Waals surface area (Å²) in [6, 6.07) is 17.2. The van der Waals surface area contributed by atoms with Crippen molar-refractivity contribution in [1.29, 1.82) is 0 Å². The molecule has 0 aliphatic heterocycles. The number of carboxylic acids is 1. The Morgan fingerprint density at radius 1 is 0.947 bits per heavy atom. The summed E-state index contributed by atoms with van der Waals surface area (Å²) in [4.78, 5) is 23.0. The lowest BCUT2D eigenvalue weighted by Gasteiger charge is -2.30. The second kappa shape index (κ2) is 12.9. The zero-order chi connectivity index (χ0) is 27.9. The number of nitrogen functional groups attached to an aromatic ring is 1. The van der Waals surface area contributed by atoms with Crippen molar-refractivity contribution in [2.75, 3.05) is 12.3 Å². The smallest absolute Gasteiger partial charge is 0.389 e.